The number of nitrogens with one attached hydrogen (secondary N) is 1. The lowest BCUT2D eigenvalue weighted by atomic mass is 9.75. The zero-order chi connectivity index (χ0) is 26.8. The molecule has 8 nitrogen and oxygen atoms in total. The molecule has 0 aromatic heterocycles. The minimum Gasteiger partial charge on any atom is -0.497 e. The summed E-state index contributed by atoms with van der Waals surface area (Å²) in [6.45, 7) is 5.32. The van der Waals surface area contributed by atoms with Gasteiger partial charge in [-0.3, -0.25) is 9.59 Å². The Bertz CT molecular complexity index is 1370. The third-order valence-corrected chi connectivity index (χ3v) is 7.13. The first-order valence-electron chi connectivity index (χ1n) is 12.9. The molecular weight excluding hydrogens is 484 g/mol. The topological polar surface area (TPSA) is 86.3 Å². The smallest absolute Gasteiger partial charge is 0.254 e. The van der Waals surface area contributed by atoms with Crippen LogP contribution in [0.5, 0.6) is 23.0 Å². The molecule has 198 valence electrons. The summed E-state index contributed by atoms with van der Waals surface area (Å²) >= 11 is 0. The van der Waals surface area contributed by atoms with Gasteiger partial charge in [0, 0.05) is 18.2 Å². The van der Waals surface area contributed by atoms with Gasteiger partial charge in [0.1, 0.15) is 11.5 Å². The summed E-state index contributed by atoms with van der Waals surface area (Å²) in [4.78, 5) is 29.6. The van der Waals surface area contributed by atoms with Crippen molar-refractivity contribution in [2.24, 2.45) is 0 Å². The highest BCUT2D eigenvalue weighted by atomic mass is 16.5. The molecular formula is C30H32N2O6. The first-order valence-corrected chi connectivity index (χ1v) is 12.9. The zero-order valence-corrected chi connectivity index (χ0v) is 22.1. The van der Waals surface area contributed by atoms with Crippen molar-refractivity contribution in [2.75, 3.05) is 39.3 Å². The molecule has 0 fully saturated rings. The summed E-state index contributed by atoms with van der Waals surface area (Å²) < 4.78 is 22.6. The van der Waals surface area contributed by atoms with Crippen molar-refractivity contribution in [1.29, 1.82) is 0 Å². The third kappa shape index (κ3) is 4.40. The predicted octanol–water partition coefficient (Wildman–Crippen LogP) is 4.98. The number of hydrogen-bond acceptors (Lipinski definition) is 6. The molecule has 2 heterocycles. The zero-order valence-electron chi connectivity index (χ0n) is 22.1. The van der Waals surface area contributed by atoms with Crippen molar-refractivity contribution >= 4 is 17.5 Å². The molecule has 0 spiro atoms. The second-order valence-corrected chi connectivity index (χ2v) is 9.18. The molecule has 0 saturated heterocycles. The number of benzene rings is 3. The van der Waals surface area contributed by atoms with E-state index in [4.69, 9.17) is 18.9 Å². The molecule has 2 aliphatic heterocycles. The van der Waals surface area contributed by atoms with E-state index in [2.05, 4.69) is 5.32 Å². The largest absolute Gasteiger partial charge is 0.497 e. The van der Waals surface area contributed by atoms with Gasteiger partial charge in [0.05, 0.1) is 45.1 Å². The second kappa shape index (κ2) is 10.7. The van der Waals surface area contributed by atoms with Crippen molar-refractivity contribution in [2.45, 2.75) is 32.2 Å². The van der Waals surface area contributed by atoms with Crippen LogP contribution in [-0.4, -0.2) is 50.7 Å². The van der Waals surface area contributed by atoms with Gasteiger partial charge in [0.15, 0.2) is 11.5 Å². The monoisotopic (exact) mass is 516 g/mol. The van der Waals surface area contributed by atoms with Gasteiger partial charge in [-0.25, -0.2) is 0 Å². The maximum Gasteiger partial charge on any atom is 0.254 e. The molecule has 2 atom stereocenters. The molecule has 0 saturated carbocycles. The van der Waals surface area contributed by atoms with Gasteiger partial charge in [-0.15, -0.1) is 0 Å². The molecule has 3 aromatic rings. The molecule has 2 aliphatic rings. The van der Waals surface area contributed by atoms with Crippen LogP contribution in [0.15, 0.2) is 54.6 Å². The first kappa shape index (κ1) is 25.4. The van der Waals surface area contributed by atoms with Crippen molar-refractivity contribution in [3.8, 4) is 23.0 Å². The molecule has 0 bridgehead atoms. The summed E-state index contributed by atoms with van der Waals surface area (Å²) in [7, 11) is 3.12. The Morgan fingerprint density at radius 3 is 2.37 bits per heavy atom. The SMILES string of the molecule is CCOc1cc2c(cc1OCC)[C@H]1[C@H](C(=O)Nc3cc(OC)ccc3OC)c3ccccc3C(=O)N1CC2. The molecule has 1 N–H and O–H groups in total. The van der Waals surface area contributed by atoms with Crippen LogP contribution >= 0.6 is 0 Å². The lowest BCUT2D eigenvalue weighted by Gasteiger charge is -2.45. The third-order valence-electron chi connectivity index (χ3n) is 7.13. The molecule has 8 heteroatoms. The number of anilines is 1. The van der Waals surface area contributed by atoms with E-state index in [1.807, 2.05) is 49.1 Å². The summed E-state index contributed by atoms with van der Waals surface area (Å²) in [5.41, 5.74) is 3.67. The van der Waals surface area contributed by atoms with Crippen molar-refractivity contribution < 1.29 is 28.5 Å². The fourth-order valence-corrected chi connectivity index (χ4v) is 5.48. The lowest BCUT2D eigenvalue weighted by Crippen LogP contribution is -2.49. The number of nitrogens with zero attached hydrogens (tertiary/aromatic N) is 1. The number of rotatable bonds is 8. The summed E-state index contributed by atoms with van der Waals surface area (Å²) in [5, 5.41) is 3.06. The van der Waals surface area contributed by atoms with E-state index in [1.165, 1.54) is 0 Å². The quantitative estimate of drug-likeness (QED) is 0.455. The number of carbonyl (C=O) groups excluding carboxylic acids is 2. The van der Waals surface area contributed by atoms with Gasteiger partial charge in [0.2, 0.25) is 5.91 Å². The summed E-state index contributed by atoms with van der Waals surface area (Å²) in [5.74, 6) is 1.40. The van der Waals surface area contributed by atoms with E-state index in [9.17, 15) is 9.59 Å². The Kier molecular flexibility index (Phi) is 7.13. The summed E-state index contributed by atoms with van der Waals surface area (Å²) in [6, 6.07) is 16.0. The van der Waals surface area contributed by atoms with Crippen molar-refractivity contribution in [1.82, 2.24) is 4.90 Å². The Morgan fingerprint density at radius 2 is 1.66 bits per heavy atom. The van der Waals surface area contributed by atoms with Crippen molar-refractivity contribution in [3.63, 3.8) is 0 Å². The van der Waals surface area contributed by atoms with E-state index < -0.39 is 12.0 Å². The van der Waals surface area contributed by atoms with Gasteiger partial charge in [-0.05, 0) is 67.3 Å². The Morgan fingerprint density at radius 1 is 0.921 bits per heavy atom. The Labute approximate surface area is 222 Å². The normalized spacial score (nSPS) is 17.6. The average molecular weight is 517 g/mol. The van der Waals surface area contributed by atoms with Crippen LogP contribution in [-0.2, 0) is 11.2 Å². The average Bonchev–Trinajstić information content (AvgIpc) is 2.93. The number of amides is 2. The van der Waals surface area contributed by atoms with Crippen LogP contribution in [0.4, 0.5) is 5.69 Å². The van der Waals surface area contributed by atoms with E-state index in [0.29, 0.717) is 66.0 Å². The van der Waals surface area contributed by atoms with E-state index in [1.54, 1.807) is 38.5 Å². The predicted molar refractivity (Wildman–Crippen MR) is 144 cm³/mol. The van der Waals surface area contributed by atoms with E-state index >= 15 is 0 Å². The van der Waals surface area contributed by atoms with Crippen LogP contribution in [0.3, 0.4) is 0 Å². The maximum atomic E-state index is 14.1. The number of methoxy groups -OCH3 is 2. The number of hydrogen-bond donors (Lipinski definition) is 1. The minimum atomic E-state index is -0.661. The fourth-order valence-electron chi connectivity index (χ4n) is 5.48. The van der Waals surface area contributed by atoms with Crippen LogP contribution in [0.1, 0.15) is 52.9 Å². The maximum absolute atomic E-state index is 14.1. The van der Waals surface area contributed by atoms with E-state index in [-0.39, 0.29) is 11.8 Å². The highest BCUT2D eigenvalue weighted by Gasteiger charge is 2.46. The van der Waals surface area contributed by atoms with Crippen LogP contribution in [0.25, 0.3) is 0 Å². The molecule has 0 unspecified atom stereocenters. The molecule has 0 radical (unpaired) electrons. The summed E-state index contributed by atoms with van der Waals surface area (Å²) in [6.07, 6.45) is 0.657. The lowest BCUT2D eigenvalue weighted by molar-refractivity contribution is -0.119. The van der Waals surface area contributed by atoms with Crippen LogP contribution in [0.2, 0.25) is 0 Å². The minimum absolute atomic E-state index is 0.0777. The van der Waals surface area contributed by atoms with Gasteiger partial charge in [-0.2, -0.15) is 0 Å². The standard InChI is InChI=1S/C30H32N2O6/c1-5-37-25-15-18-13-14-32-28(22(18)17-26(25)38-6-2)27(20-9-7-8-10-21(20)30(32)34)29(33)31-23-16-19(35-3)11-12-24(23)36-4/h7-12,15-17,27-28H,5-6,13-14H2,1-4H3,(H,31,33)/t27-,28+/m1/s1. The number of carbonyl (C=O) groups is 2. The Balaban J connectivity index is 1.64. The number of ether oxygens (including phenoxy) is 4. The molecule has 38 heavy (non-hydrogen) atoms. The highest BCUT2D eigenvalue weighted by Crippen LogP contribution is 2.49. The van der Waals surface area contributed by atoms with Gasteiger partial charge < -0.3 is 29.2 Å². The van der Waals surface area contributed by atoms with Crippen LogP contribution in [0, 0.1) is 0 Å². The molecule has 5 rings (SSSR count). The Hall–Kier alpha value is -4.20. The molecule has 2 amide bonds. The highest BCUT2D eigenvalue weighted by molar-refractivity contribution is 6.05. The van der Waals surface area contributed by atoms with Gasteiger partial charge >= 0.3 is 0 Å². The molecule has 3 aromatic carbocycles. The van der Waals surface area contributed by atoms with Gasteiger partial charge in [0.25, 0.3) is 5.91 Å². The molecule has 0 aliphatic carbocycles. The van der Waals surface area contributed by atoms with Crippen LogP contribution < -0.4 is 24.3 Å². The van der Waals surface area contributed by atoms with Crippen molar-refractivity contribution in [3.05, 3.63) is 76.9 Å². The first-order chi connectivity index (χ1) is 18.5. The number of fused-ring (bicyclic) bond motifs is 4. The fraction of sp³-hybridized carbons (Fsp3) is 0.333. The van der Waals surface area contributed by atoms with E-state index in [0.717, 1.165) is 11.1 Å². The second-order valence-electron chi connectivity index (χ2n) is 9.18. The van der Waals surface area contributed by atoms with Gasteiger partial charge in [-0.1, -0.05) is 18.2 Å².